The van der Waals surface area contributed by atoms with Crippen LogP contribution in [0.5, 0.6) is 5.75 Å². The Bertz CT molecular complexity index is 331. The van der Waals surface area contributed by atoms with Gasteiger partial charge in [-0.25, -0.2) is 4.39 Å². The zero-order valence-electron chi connectivity index (χ0n) is 9.41. The second-order valence-corrected chi connectivity index (χ2v) is 3.78. The van der Waals surface area contributed by atoms with Crippen LogP contribution < -0.4 is 5.32 Å². The van der Waals surface area contributed by atoms with Crippen LogP contribution >= 0.6 is 0 Å². The summed E-state index contributed by atoms with van der Waals surface area (Å²) in [6.45, 7) is 2.72. The van der Waals surface area contributed by atoms with Crippen molar-refractivity contribution in [3.05, 3.63) is 29.6 Å². The molecule has 0 aliphatic rings. The number of rotatable bonds is 6. The van der Waals surface area contributed by atoms with Gasteiger partial charge in [0, 0.05) is 19.2 Å². The minimum atomic E-state index is -0.602. The Labute approximate surface area is 94.9 Å². The fourth-order valence-electron chi connectivity index (χ4n) is 1.53. The van der Waals surface area contributed by atoms with Gasteiger partial charge in [-0.1, -0.05) is 13.0 Å². The molecule has 0 fully saturated rings. The van der Waals surface area contributed by atoms with Crippen LogP contribution in [-0.2, 0) is 6.54 Å². The van der Waals surface area contributed by atoms with Gasteiger partial charge >= 0.3 is 0 Å². The lowest BCUT2D eigenvalue weighted by molar-refractivity contribution is 0.262. The Morgan fingerprint density at radius 1 is 1.44 bits per heavy atom. The maximum Gasteiger partial charge on any atom is 0.165 e. The Balaban J connectivity index is 2.50. The first-order valence-corrected chi connectivity index (χ1v) is 5.49. The van der Waals surface area contributed by atoms with Gasteiger partial charge in [-0.05, 0) is 30.5 Å². The molecule has 16 heavy (non-hydrogen) atoms. The van der Waals surface area contributed by atoms with Crippen LogP contribution in [0.15, 0.2) is 18.2 Å². The van der Waals surface area contributed by atoms with Crippen LogP contribution in [0.25, 0.3) is 0 Å². The predicted octanol–water partition coefficient (Wildman–Crippen LogP) is 1.78. The largest absolute Gasteiger partial charge is 0.505 e. The molecule has 3 N–H and O–H groups in total. The molecule has 0 saturated heterocycles. The number of aromatic hydroxyl groups is 1. The zero-order valence-corrected chi connectivity index (χ0v) is 9.41. The highest BCUT2D eigenvalue weighted by atomic mass is 19.1. The fraction of sp³-hybridized carbons (Fsp3) is 0.500. The molecule has 4 heteroatoms. The van der Waals surface area contributed by atoms with Gasteiger partial charge in [0.05, 0.1) is 0 Å². The minimum absolute atomic E-state index is 0.148. The van der Waals surface area contributed by atoms with E-state index in [0.29, 0.717) is 13.0 Å². The van der Waals surface area contributed by atoms with Crippen molar-refractivity contribution in [2.45, 2.75) is 32.4 Å². The van der Waals surface area contributed by atoms with E-state index in [1.165, 1.54) is 12.1 Å². The molecule has 0 radical (unpaired) electrons. The van der Waals surface area contributed by atoms with Gasteiger partial charge in [0.25, 0.3) is 0 Å². The molecule has 0 aliphatic carbocycles. The molecule has 0 aromatic heterocycles. The molecule has 0 bridgehead atoms. The third-order valence-corrected chi connectivity index (χ3v) is 2.58. The summed E-state index contributed by atoms with van der Waals surface area (Å²) in [4.78, 5) is 0. The molecule has 0 spiro atoms. The van der Waals surface area contributed by atoms with Crippen molar-refractivity contribution < 1.29 is 14.6 Å². The summed E-state index contributed by atoms with van der Waals surface area (Å²) < 4.78 is 13.0. The monoisotopic (exact) mass is 227 g/mol. The first-order valence-electron chi connectivity index (χ1n) is 5.49. The Hall–Kier alpha value is -1.13. The van der Waals surface area contributed by atoms with Gasteiger partial charge in [-0.15, -0.1) is 0 Å². The molecule has 1 rings (SSSR count). The van der Waals surface area contributed by atoms with Gasteiger partial charge in [0.1, 0.15) is 0 Å². The molecule has 0 heterocycles. The van der Waals surface area contributed by atoms with Crippen molar-refractivity contribution in [2.75, 3.05) is 6.61 Å². The van der Waals surface area contributed by atoms with Gasteiger partial charge < -0.3 is 15.5 Å². The number of nitrogens with one attached hydrogen (secondary N) is 1. The van der Waals surface area contributed by atoms with Crippen molar-refractivity contribution in [3.8, 4) is 5.75 Å². The number of phenolic OH excluding ortho intramolecular Hbond substituents is 1. The highest BCUT2D eigenvalue weighted by Crippen LogP contribution is 2.16. The lowest BCUT2D eigenvalue weighted by atomic mass is 10.1. The van der Waals surface area contributed by atoms with Crippen molar-refractivity contribution >= 4 is 0 Å². The number of benzene rings is 1. The second kappa shape index (κ2) is 6.45. The molecule has 3 nitrogen and oxygen atoms in total. The molecule has 1 aromatic rings. The van der Waals surface area contributed by atoms with Crippen LogP contribution in [0.2, 0.25) is 0 Å². The normalized spacial score (nSPS) is 12.7. The first kappa shape index (κ1) is 12.9. The van der Waals surface area contributed by atoms with E-state index >= 15 is 0 Å². The average molecular weight is 227 g/mol. The van der Waals surface area contributed by atoms with E-state index in [4.69, 9.17) is 10.2 Å². The van der Waals surface area contributed by atoms with Crippen molar-refractivity contribution in [2.24, 2.45) is 0 Å². The SMILES string of the molecule is CCC(CCO)NCc1ccc(O)c(F)c1. The molecular formula is C12H18FNO2. The van der Waals surface area contributed by atoms with Crippen LogP contribution in [0.3, 0.4) is 0 Å². The number of aliphatic hydroxyl groups is 1. The van der Waals surface area contributed by atoms with Crippen molar-refractivity contribution in [1.82, 2.24) is 5.32 Å². The number of aliphatic hydroxyl groups excluding tert-OH is 1. The molecule has 0 saturated carbocycles. The maximum absolute atomic E-state index is 13.0. The van der Waals surface area contributed by atoms with Gasteiger partial charge in [-0.3, -0.25) is 0 Å². The van der Waals surface area contributed by atoms with Gasteiger partial charge in [0.2, 0.25) is 0 Å². The van der Waals surface area contributed by atoms with E-state index in [-0.39, 0.29) is 18.4 Å². The van der Waals surface area contributed by atoms with Crippen molar-refractivity contribution in [3.63, 3.8) is 0 Å². The molecule has 1 aromatic carbocycles. The van der Waals surface area contributed by atoms with Crippen molar-refractivity contribution in [1.29, 1.82) is 0 Å². The molecule has 0 amide bonds. The lowest BCUT2D eigenvalue weighted by Crippen LogP contribution is -2.28. The predicted molar refractivity (Wildman–Crippen MR) is 60.7 cm³/mol. The van der Waals surface area contributed by atoms with Crippen LogP contribution in [-0.4, -0.2) is 22.9 Å². The molecule has 1 unspecified atom stereocenters. The summed E-state index contributed by atoms with van der Waals surface area (Å²) in [5.41, 5.74) is 0.784. The van der Waals surface area contributed by atoms with E-state index in [1.807, 2.05) is 6.92 Å². The third kappa shape index (κ3) is 3.79. The Morgan fingerprint density at radius 2 is 2.19 bits per heavy atom. The fourth-order valence-corrected chi connectivity index (χ4v) is 1.53. The highest BCUT2D eigenvalue weighted by molar-refractivity contribution is 5.27. The number of hydrogen-bond acceptors (Lipinski definition) is 3. The Morgan fingerprint density at radius 3 is 2.75 bits per heavy atom. The first-order chi connectivity index (χ1) is 7.67. The summed E-state index contributed by atoms with van der Waals surface area (Å²) in [5.74, 6) is -0.930. The third-order valence-electron chi connectivity index (χ3n) is 2.58. The molecule has 0 aliphatic heterocycles. The quantitative estimate of drug-likeness (QED) is 0.694. The standard InChI is InChI=1S/C12H18FNO2/c1-2-10(5-6-15)14-8-9-3-4-12(16)11(13)7-9/h3-4,7,10,14-16H,2,5-6,8H2,1H3. The van der Waals surface area contributed by atoms with Crippen LogP contribution in [0.1, 0.15) is 25.3 Å². The van der Waals surface area contributed by atoms with Gasteiger partial charge in [-0.2, -0.15) is 0 Å². The molecular weight excluding hydrogens is 209 g/mol. The van der Waals surface area contributed by atoms with E-state index in [9.17, 15) is 4.39 Å². The van der Waals surface area contributed by atoms with Crippen LogP contribution in [0.4, 0.5) is 4.39 Å². The Kier molecular flexibility index (Phi) is 5.22. The lowest BCUT2D eigenvalue weighted by Gasteiger charge is -2.15. The summed E-state index contributed by atoms with van der Waals surface area (Å²) in [7, 11) is 0. The zero-order chi connectivity index (χ0) is 12.0. The van der Waals surface area contributed by atoms with E-state index < -0.39 is 5.82 Å². The number of phenols is 1. The smallest absolute Gasteiger partial charge is 0.165 e. The topological polar surface area (TPSA) is 52.5 Å². The summed E-state index contributed by atoms with van der Waals surface area (Å²) in [6, 6.07) is 4.58. The second-order valence-electron chi connectivity index (χ2n) is 3.78. The molecule has 1 atom stereocenters. The minimum Gasteiger partial charge on any atom is -0.505 e. The number of halogens is 1. The van der Waals surface area contributed by atoms with Crippen LogP contribution in [0, 0.1) is 5.82 Å². The average Bonchev–Trinajstić information content (AvgIpc) is 2.28. The maximum atomic E-state index is 13.0. The van der Waals surface area contributed by atoms with E-state index in [0.717, 1.165) is 12.0 Å². The highest BCUT2D eigenvalue weighted by Gasteiger charge is 2.06. The van der Waals surface area contributed by atoms with Gasteiger partial charge in [0.15, 0.2) is 11.6 Å². The van der Waals surface area contributed by atoms with E-state index in [1.54, 1.807) is 6.07 Å². The molecule has 90 valence electrons. The summed E-state index contributed by atoms with van der Waals surface area (Å²) >= 11 is 0. The summed E-state index contributed by atoms with van der Waals surface area (Å²) in [6.07, 6.45) is 1.61. The summed E-state index contributed by atoms with van der Waals surface area (Å²) in [5, 5.41) is 21.1. The van der Waals surface area contributed by atoms with E-state index in [2.05, 4.69) is 5.32 Å². The number of hydrogen-bond donors (Lipinski definition) is 3.